The molecule has 0 spiro atoms. The van der Waals surface area contributed by atoms with Gasteiger partial charge in [-0.3, -0.25) is 9.69 Å². The van der Waals surface area contributed by atoms with E-state index >= 15 is 0 Å². The molecule has 1 aliphatic heterocycles. The normalized spacial score (nSPS) is 24.4. The molecule has 1 saturated heterocycles. The van der Waals surface area contributed by atoms with Crippen LogP contribution in [0.3, 0.4) is 0 Å². The molecule has 1 saturated carbocycles. The lowest BCUT2D eigenvalue weighted by atomic mass is 9.89. The lowest BCUT2D eigenvalue weighted by Crippen LogP contribution is -2.52. The van der Waals surface area contributed by atoms with Crippen LogP contribution in [-0.4, -0.2) is 36.0 Å². The van der Waals surface area contributed by atoms with Crippen LogP contribution in [0.25, 0.3) is 0 Å². The summed E-state index contributed by atoms with van der Waals surface area (Å²) in [5.74, 6) is 1.00. The summed E-state index contributed by atoms with van der Waals surface area (Å²) in [5.41, 5.74) is 3.08. The standard InChI is InChI=1S/C20H28Cl2N2O/c21-13-16-8-7-15(11-17(16)14-22)12-20(25)23-18-5-1-2-6-19(18)24-9-3-4-10-24/h7-8,11,18-19H,1-6,9-10,12-14H2,(H,23,25). The summed E-state index contributed by atoms with van der Waals surface area (Å²) in [7, 11) is 0. The van der Waals surface area contributed by atoms with Crippen LogP contribution in [0.15, 0.2) is 18.2 Å². The Bertz CT molecular complexity index is 587. The molecule has 1 N–H and O–H groups in total. The number of alkyl halides is 2. The molecule has 1 aliphatic carbocycles. The average Bonchev–Trinajstić information content (AvgIpc) is 3.16. The zero-order valence-electron chi connectivity index (χ0n) is 14.8. The minimum Gasteiger partial charge on any atom is -0.352 e. The van der Waals surface area contributed by atoms with Gasteiger partial charge in [0.1, 0.15) is 0 Å². The molecule has 2 aliphatic rings. The van der Waals surface area contributed by atoms with Crippen molar-refractivity contribution in [2.24, 2.45) is 0 Å². The van der Waals surface area contributed by atoms with E-state index in [0.717, 1.165) is 23.1 Å². The van der Waals surface area contributed by atoms with Gasteiger partial charge in [-0.25, -0.2) is 0 Å². The van der Waals surface area contributed by atoms with Gasteiger partial charge in [-0.05, 0) is 55.5 Å². The lowest BCUT2D eigenvalue weighted by molar-refractivity contribution is -0.121. The van der Waals surface area contributed by atoms with Gasteiger partial charge in [0.25, 0.3) is 0 Å². The van der Waals surface area contributed by atoms with Crippen molar-refractivity contribution in [1.82, 2.24) is 10.2 Å². The maximum atomic E-state index is 12.6. The van der Waals surface area contributed by atoms with Gasteiger partial charge in [0, 0.05) is 23.8 Å². The van der Waals surface area contributed by atoms with Gasteiger partial charge in [0.15, 0.2) is 0 Å². The van der Waals surface area contributed by atoms with Gasteiger partial charge in [-0.1, -0.05) is 31.0 Å². The molecule has 1 amide bonds. The van der Waals surface area contributed by atoms with E-state index in [1.165, 1.54) is 45.2 Å². The first-order chi connectivity index (χ1) is 12.2. The number of amides is 1. The quantitative estimate of drug-likeness (QED) is 0.746. The zero-order valence-corrected chi connectivity index (χ0v) is 16.3. The molecule has 2 atom stereocenters. The number of rotatable bonds is 6. The Labute approximate surface area is 161 Å². The minimum absolute atomic E-state index is 0.121. The van der Waals surface area contributed by atoms with Crippen LogP contribution in [0.5, 0.6) is 0 Å². The van der Waals surface area contributed by atoms with E-state index in [1.807, 2.05) is 18.2 Å². The minimum atomic E-state index is 0.121. The fourth-order valence-electron chi connectivity index (χ4n) is 4.28. The van der Waals surface area contributed by atoms with E-state index in [1.54, 1.807) is 0 Å². The second-order valence-corrected chi connectivity index (χ2v) is 7.85. The molecule has 25 heavy (non-hydrogen) atoms. The van der Waals surface area contributed by atoms with E-state index in [2.05, 4.69) is 10.2 Å². The fraction of sp³-hybridized carbons (Fsp3) is 0.650. The molecule has 3 nitrogen and oxygen atoms in total. The van der Waals surface area contributed by atoms with Crippen molar-refractivity contribution >= 4 is 29.1 Å². The first-order valence-corrected chi connectivity index (χ1v) is 10.5. The van der Waals surface area contributed by atoms with E-state index in [0.29, 0.717) is 30.3 Å². The fourth-order valence-corrected chi connectivity index (χ4v) is 4.79. The lowest BCUT2D eigenvalue weighted by Gasteiger charge is -2.38. The van der Waals surface area contributed by atoms with Gasteiger partial charge in [-0.15, -0.1) is 23.2 Å². The number of nitrogens with one attached hydrogen (secondary N) is 1. The Hall–Kier alpha value is -0.770. The van der Waals surface area contributed by atoms with Crippen molar-refractivity contribution in [2.45, 2.75) is 68.8 Å². The number of carbonyl (C=O) groups excluding carboxylic acids is 1. The number of hydrogen-bond donors (Lipinski definition) is 1. The van der Waals surface area contributed by atoms with E-state index in [4.69, 9.17) is 23.2 Å². The highest BCUT2D eigenvalue weighted by molar-refractivity contribution is 6.18. The van der Waals surface area contributed by atoms with Crippen LogP contribution in [-0.2, 0) is 23.0 Å². The first-order valence-electron chi connectivity index (χ1n) is 9.47. The van der Waals surface area contributed by atoms with Crippen LogP contribution < -0.4 is 5.32 Å². The number of hydrogen-bond acceptors (Lipinski definition) is 2. The summed E-state index contributed by atoms with van der Waals surface area (Å²) in [6.45, 7) is 2.38. The van der Waals surface area contributed by atoms with Crippen molar-refractivity contribution in [1.29, 1.82) is 0 Å². The third-order valence-corrected chi connectivity index (χ3v) is 6.18. The summed E-state index contributed by atoms with van der Waals surface area (Å²) in [6, 6.07) is 6.82. The monoisotopic (exact) mass is 382 g/mol. The predicted octanol–water partition coefficient (Wildman–Crippen LogP) is 4.23. The van der Waals surface area contributed by atoms with Gasteiger partial charge in [-0.2, -0.15) is 0 Å². The van der Waals surface area contributed by atoms with Crippen molar-refractivity contribution < 1.29 is 4.79 Å². The number of halogens is 2. The average molecular weight is 383 g/mol. The summed E-state index contributed by atoms with van der Waals surface area (Å²) in [5, 5.41) is 3.32. The third-order valence-electron chi connectivity index (χ3n) is 5.61. The van der Waals surface area contributed by atoms with Crippen LogP contribution in [0, 0.1) is 0 Å². The third kappa shape index (κ3) is 4.90. The maximum Gasteiger partial charge on any atom is 0.224 e. The Morgan fingerprint density at radius 1 is 1.04 bits per heavy atom. The second-order valence-electron chi connectivity index (χ2n) is 7.32. The summed E-state index contributed by atoms with van der Waals surface area (Å²) in [4.78, 5) is 15.2. The van der Waals surface area contributed by atoms with Crippen molar-refractivity contribution in [3.05, 3.63) is 34.9 Å². The first kappa shape index (κ1) is 19.0. The molecule has 1 aromatic carbocycles. The number of nitrogens with zero attached hydrogens (tertiary/aromatic N) is 1. The molecule has 0 radical (unpaired) electrons. The number of benzene rings is 1. The van der Waals surface area contributed by atoms with Gasteiger partial charge in [0.05, 0.1) is 6.42 Å². The Morgan fingerprint density at radius 3 is 2.48 bits per heavy atom. The molecule has 1 aromatic rings. The summed E-state index contributed by atoms with van der Waals surface area (Å²) >= 11 is 11.9. The number of carbonyl (C=O) groups is 1. The highest BCUT2D eigenvalue weighted by Crippen LogP contribution is 2.26. The van der Waals surface area contributed by atoms with Gasteiger partial charge < -0.3 is 5.32 Å². The maximum absolute atomic E-state index is 12.6. The van der Waals surface area contributed by atoms with Crippen molar-refractivity contribution in [3.63, 3.8) is 0 Å². The largest absolute Gasteiger partial charge is 0.352 e. The van der Waals surface area contributed by atoms with Crippen LogP contribution in [0.1, 0.15) is 55.2 Å². The Morgan fingerprint density at radius 2 is 1.76 bits per heavy atom. The molecular formula is C20H28Cl2N2O. The van der Waals surface area contributed by atoms with Crippen molar-refractivity contribution in [3.8, 4) is 0 Å². The molecule has 0 aromatic heterocycles. The van der Waals surface area contributed by atoms with Crippen LogP contribution >= 0.6 is 23.2 Å². The smallest absolute Gasteiger partial charge is 0.224 e. The predicted molar refractivity (Wildman–Crippen MR) is 104 cm³/mol. The van der Waals surface area contributed by atoms with Gasteiger partial charge >= 0.3 is 0 Å². The van der Waals surface area contributed by atoms with Crippen molar-refractivity contribution in [2.75, 3.05) is 13.1 Å². The zero-order chi connectivity index (χ0) is 17.6. The van der Waals surface area contributed by atoms with E-state index < -0.39 is 0 Å². The molecule has 2 fully saturated rings. The van der Waals surface area contributed by atoms with Gasteiger partial charge in [0.2, 0.25) is 5.91 Å². The molecule has 2 unspecified atom stereocenters. The molecule has 3 rings (SSSR count). The Balaban J connectivity index is 1.61. The topological polar surface area (TPSA) is 32.3 Å². The second kappa shape index (κ2) is 9.25. The highest BCUT2D eigenvalue weighted by Gasteiger charge is 2.32. The van der Waals surface area contributed by atoms with Crippen LogP contribution in [0.4, 0.5) is 0 Å². The number of likely N-dealkylation sites (tertiary alicyclic amines) is 1. The van der Waals surface area contributed by atoms with Crippen LogP contribution in [0.2, 0.25) is 0 Å². The van der Waals surface area contributed by atoms with E-state index in [9.17, 15) is 4.79 Å². The van der Waals surface area contributed by atoms with E-state index in [-0.39, 0.29) is 5.91 Å². The molecule has 5 heteroatoms. The molecule has 0 bridgehead atoms. The summed E-state index contributed by atoms with van der Waals surface area (Å²) in [6.07, 6.45) is 7.83. The highest BCUT2D eigenvalue weighted by atomic mass is 35.5. The molecule has 138 valence electrons. The summed E-state index contributed by atoms with van der Waals surface area (Å²) < 4.78 is 0. The molecule has 1 heterocycles. The molecular weight excluding hydrogens is 355 g/mol. The SMILES string of the molecule is O=C(Cc1ccc(CCl)c(CCl)c1)NC1CCCCC1N1CCCC1. The Kier molecular flexibility index (Phi) is 7.03.